The van der Waals surface area contributed by atoms with Gasteiger partial charge in [-0.3, -0.25) is 0 Å². The molecule has 5 nitrogen and oxygen atoms in total. The minimum Gasteiger partial charge on any atom is -0.379 e. The molecule has 0 aromatic carbocycles. The van der Waals surface area contributed by atoms with Gasteiger partial charge in [0.15, 0.2) is 0 Å². The first-order valence-corrected chi connectivity index (χ1v) is 6.13. The first-order chi connectivity index (χ1) is 7.93. The molecule has 1 aliphatic heterocycles. The zero-order valence-corrected chi connectivity index (χ0v) is 9.43. The van der Waals surface area contributed by atoms with E-state index < -0.39 is 0 Å². The Hall–Kier alpha value is -0.940. The zero-order valence-electron chi connectivity index (χ0n) is 9.43. The van der Waals surface area contributed by atoms with Gasteiger partial charge in [-0.15, -0.1) is 0 Å². The van der Waals surface area contributed by atoms with E-state index in [0.717, 1.165) is 38.4 Å². The van der Waals surface area contributed by atoms with E-state index in [-0.39, 0.29) is 0 Å². The first kappa shape index (κ1) is 10.2. The summed E-state index contributed by atoms with van der Waals surface area (Å²) in [5, 5.41) is 7.80. The number of nitrogens with zero attached hydrogens (tertiary/aromatic N) is 3. The maximum Gasteiger partial charge on any atom is 0.141 e. The Morgan fingerprint density at radius 1 is 1.44 bits per heavy atom. The van der Waals surface area contributed by atoms with Crippen molar-refractivity contribution in [1.29, 1.82) is 0 Å². The molecule has 2 aliphatic rings. The second-order valence-corrected chi connectivity index (χ2v) is 4.65. The predicted molar refractivity (Wildman–Crippen MR) is 59.0 cm³/mol. The van der Waals surface area contributed by atoms with E-state index >= 15 is 0 Å². The molecule has 88 valence electrons. The normalized spacial score (nSPS) is 25.9. The highest BCUT2D eigenvalue weighted by atomic mass is 16.5. The van der Waals surface area contributed by atoms with Crippen molar-refractivity contribution >= 4 is 0 Å². The average molecular weight is 222 g/mol. The Morgan fingerprint density at radius 2 is 2.38 bits per heavy atom. The fraction of sp³-hybridized carbons (Fsp3) is 0.818. The van der Waals surface area contributed by atoms with Gasteiger partial charge in [-0.25, -0.2) is 9.67 Å². The van der Waals surface area contributed by atoms with Crippen LogP contribution in [0, 0.1) is 0 Å². The van der Waals surface area contributed by atoms with Gasteiger partial charge in [-0.2, -0.15) is 5.10 Å². The second-order valence-electron chi connectivity index (χ2n) is 4.65. The van der Waals surface area contributed by atoms with E-state index in [0.29, 0.717) is 12.1 Å². The maximum atomic E-state index is 5.49. The number of rotatable bonds is 4. The molecule has 2 fully saturated rings. The molecule has 1 aromatic heterocycles. The maximum absolute atomic E-state index is 5.49. The number of nitrogens with one attached hydrogen (secondary N) is 1. The number of ether oxygens (including phenoxy) is 1. The summed E-state index contributed by atoms with van der Waals surface area (Å²) in [6.07, 6.45) is 6.54. The standard InChI is InChI=1S/C11H18N4O/c1-2-10(7-16-5-1)15-11(13-8-14-15)6-12-9-3-4-9/h8-10,12H,1-7H2. The van der Waals surface area contributed by atoms with E-state index in [2.05, 4.69) is 15.4 Å². The molecule has 0 bridgehead atoms. The molecule has 1 N–H and O–H groups in total. The van der Waals surface area contributed by atoms with Crippen LogP contribution in [-0.2, 0) is 11.3 Å². The summed E-state index contributed by atoms with van der Waals surface area (Å²) in [6, 6.07) is 1.10. The van der Waals surface area contributed by atoms with Gasteiger partial charge in [-0.05, 0) is 25.7 Å². The van der Waals surface area contributed by atoms with Crippen molar-refractivity contribution in [3.05, 3.63) is 12.2 Å². The summed E-state index contributed by atoms with van der Waals surface area (Å²) in [7, 11) is 0. The topological polar surface area (TPSA) is 52.0 Å². The lowest BCUT2D eigenvalue weighted by molar-refractivity contribution is 0.0535. The van der Waals surface area contributed by atoms with Crippen LogP contribution in [-0.4, -0.2) is 34.0 Å². The Bertz CT molecular complexity index is 342. The van der Waals surface area contributed by atoms with E-state index in [1.54, 1.807) is 6.33 Å². The van der Waals surface area contributed by atoms with Crippen molar-refractivity contribution in [2.45, 2.75) is 44.3 Å². The monoisotopic (exact) mass is 222 g/mol. The van der Waals surface area contributed by atoms with Gasteiger partial charge in [-0.1, -0.05) is 0 Å². The lowest BCUT2D eigenvalue weighted by Gasteiger charge is -2.23. The smallest absolute Gasteiger partial charge is 0.141 e. The molecule has 1 aliphatic carbocycles. The van der Waals surface area contributed by atoms with Gasteiger partial charge in [0.1, 0.15) is 12.2 Å². The molecule has 1 saturated heterocycles. The molecule has 0 spiro atoms. The second kappa shape index (κ2) is 4.51. The molecule has 0 radical (unpaired) electrons. The summed E-state index contributed by atoms with van der Waals surface area (Å²) < 4.78 is 7.53. The third-order valence-electron chi connectivity index (χ3n) is 3.26. The summed E-state index contributed by atoms with van der Waals surface area (Å²) in [5.74, 6) is 1.04. The highest BCUT2D eigenvalue weighted by molar-refractivity contribution is 4.91. The zero-order chi connectivity index (χ0) is 10.8. The Morgan fingerprint density at radius 3 is 3.12 bits per heavy atom. The Balaban J connectivity index is 1.65. The number of aromatic nitrogens is 3. The van der Waals surface area contributed by atoms with Crippen molar-refractivity contribution in [2.75, 3.05) is 13.2 Å². The van der Waals surface area contributed by atoms with Gasteiger partial charge < -0.3 is 10.1 Å². The van der Waals surface area contributed by atoms with Crippen LogP contribution in [0.2, 0.25) is 0 Å². The molecule has 5 heteroatoms. The van der Waals surface area contributed by atoms with Gasteiger partial charge in [0, 0.05) is 12.6 Å². The average Bonchev–Trinajstić information content (AvgIpc) is 3.05. The van der Waals surface area contributed by atoms with Crippen molar-refractivity contribution in [2.24, 2.45) is 0 Å². The van der Waals surface area contributed by atoms with Gasteiger partial charge in [0.2, 0.25) is 0 Å². The third kappa shape index (κ3) is 2.25. The molecule has 1 atom stereocenters. The molecule has 3 rings (SSSR count). The van der Waals surface area contributed by atoms with Crippen LogP contribution >= 0.6 is 0 Å². The van der Waals surface area contributed by atoms with Crippen LogP contribution in [0.1, 0.15) is 37.5 Å². The summed E-state index contributed by atoms with van der Waals surface area (Å²) >= 11 is 0. The summed E-state index contributed by atoms with van der Waals surface area (Å²) in [6.45, 7) is 2.50. The van der Waals surface area contributed by atoms with Crippen LogP contribution in [0.4, 0.5) is 0 Å². The van der Waals surface area contributed by atoms with Crippen molar-refractivity contribution in [3.8, 4) is 0 Å². The van der Waals surface area contributed by atoms with Crippen molar-refractivity contribution in [3.63, 3.8) is 0 Å². The molecule has 1 saturated carbocycles. The minimum absolute atomic E-state index is 0.382. The molecular formula is C11H18N4O. The lowest BCUT2D eigenvalue weighted by Crippen LogP contribution is -2.26. The highest BCUT2D eigenvalue weighted by Crippen LogP contribution is 2.21. The SMILES string of the molecule is c1nc(CNC2CC2)n(C2CCCOC2)n1. The lowest BCUT2D eigenvalue weighted by atomic mass is 10.1. The first-order valence-electron chi connectivity index (χ1n) is 6.13. The van der Waals surface area contributed by atoms with Crippen LogP contribution in [0.3, 0.4) is 0 Å². The molecule has 1 unspecified atom stereocenters. The fourth-order valence-electron chi connectivity index (χ4n) is 2.15. The van der Waals surface area contributed by atoms with E-state index in [4.69, 9.17) is 4.74 Å². The predicted octanol–water partition coefficient (Wildman–Crippen LogP) is 0.882. The molecular weight excluding hydrogens is 204 g/mol. The molecule has 0 amide bonds. The van der Waals surface area contributed by atoms with E-state index in [1.165, 1.54) is 12.8 Å². The van der Waals surface area contributed by atoms with Crippen LogP contribution < -0.4 is 5.32 Å². The van der Waals surface area contributed by atoms with Crippen LogP contribution in [0.15, 0.2) is 6.33 Å². The van der Waals surface area contributed by atoms with Crippen molar-refractivity contribution in [1.82, 2.24) is 20.1 Å². The molecule has 1 aromatic rings. The molecule has 16 heavy (non-hydrogen) atoms. The largest absolute Gasteiger partial charge is 0.379 e. The minimum atomic E-state index is 0.382. The van der Waals surface area contributed by atoms with Crippen LogP contribution in [0.5, 0.6) is 0 Å². The quantitative estimate of drug-likeness (QED) is 0.821. The summed E-state index contributed by atoms with van der Waals surface area (Å²) in [4.78, 5) is 4.32. The van der Waals surface area contributed by atoms with E-state index in [9.17, 15) is 0 Å². The number of hydrogen-bond donors (Lipinski definition) is 1. The Labute approximate surface area is 95.2 Å². The Kier molecular flexibility index (Phi) is 2.88. The van der Waals surface area contributed by atoms with E-state index in [1.807, 2.05) is 4.68 Å². The van der Waals surface area contributed by atoms with Crippen molar-refractivity contribution < 1.29 is 4.74 Å². The highest BCUT2D eigenvalue weighted by Gasteiger charge is 2.23. The van der Waals surface area contributed by atoms with Gasteiger partial charge in [0.25, 0.3) is 0 Å². The van der Waals surface area contributed by atoms with Gasteiger partial charge >= 0.3 is 0 Å². The van der Waals surface area contributed by atoms with Gasteiger partial charge in [0.05, 0.1) is 19.2 Å². The summed E-state index contributed by atoms with van der Waals surface area (Å²) in [5.41, 5.74) is 0. The fourth-order valence-corrected chi connectivity index (χ4v) is 2.15. The van der Waals surface area contributed by atoms with Crippen LogP contribution in [0.25, 0.3) is 0 Å². The number of hydrogen-bond acceptors (Lipinski definition) is 4. The molecule has 2 heterocycles. The third-order valence-corrected chi connectivity index (χ3v) is 3.26.